The summed E-state index contributed by atoms with van der Waals surface area (Å²) in [6, 6.07) is 3.13. The second kappa shape index (κ2) is 6.85. The van der Waals surface area contributed by atoms with Crippen molar-refractivity contribution >= 4 is 15.9 Å². The van der Waals surface area contributed by atoms with Crippen molar-refractivity contribution < 1.29 is 13.2 Å². The van der Waals surface area contributed by atoms with E-state index in [1.165, 1.54) is 6.07 Å². The Labute approximate surface area is 153 Å². The third-order valence-electron chi connectivity index (χ3n) is 5.11. The molecule has 26 heavy (non-hydrogen) atoms. The van der Waals surface area contributed by atoms with E-state index in [1.54, 1.807) is 31.0 Å². The number of benzene rings is 1. The van der Waals surface area contributed by atoms with Crippen molar-refractivity contribution in [1.29, 1.82) is 0 Å². The Morgan fingerprint density at radius 3 is 2.65 bits per heavy atom. The Balaban J connectivity index is 1.90. The van der Waals surface area contributed by atoms with Gasteiger partial charge >= 0.3 is 0 Å². The van der Waals surface area contributed by atoms with Gasteiger partial charge in [-0.15, -0.1) is 0 Å². The number of nitrogens with zero attached hydrogens (tertiary/aromatic N) is 3. The minimum absolute atomic E-state index is 0.0125. The van der Waals surface area contributed by atoms with Gasteiger partial charge in [0.2, 0.25) is 10.0 Å². The summed E-state index contributed by atoms with van der Waals surface area (Å²) < 4.78 is 25.7. The molecule has 1 fully saturated rings. The fourth-order valence-electron chi connectivity index (χ4n) is 3.57. The summed E-state index contributed by atoms with van der Waals surface area (Å²) in [5, 5.41) is 5.31. The maximum absolute atomic E-state index is 13.0. The van der Waals surface area contributed by atoms with E-state index in [0.717, 1.165) is 24.2 Å². The van der Waals surface area contributed by atoms with Gasteiger partial charge in [0, 0.05) is 44.0 Å². The van der Waals surface area contributed by atoms with E-state index < -0.39 is 10.0 Å². The van der Waals surface area contributed by atoms with Gasteiger partial charge in [-0.2, -0.15) is 0 Å². The molecule has 2 aromatic rings. The number of amides is 1. The number of sulfonamides is 1. The zero-order chi connectivity index (χ0) is 19.1. The number of aryl methyl sites for hydroxylation is 2. The van der Waals surface area contributed by atoms with E-state index in [0.29, 0.717) is 24.2 Å². The van der Waals surface area contributed by atoms with E-state index in [4.69, 9.17) is 5.14 Å². The summed E-state index contributed by atoms with van der Waals surface area (Å²) in [5.74, 6) is 0.974. The lowest BCUT2D eigenvalue weighted by molar-refractivity contribution is 0.0703. The lowest BCUT2D eigenvalue weighted by Gasteiger charge is -2.32. The first-order valence-corrected chi connectivity index (χ1v) is 10.1. The van der Waals surface area contributed by atoms with Gasteiger partial charge in [0.25, 0.3) is 5.91 Å². The zero-order valence-corrected chi connectivity index (χ0v) is 16.1. The highest BCUT2D eigenvalue weighted by Gasteiger charge is 2.28. The summed E-state index contributed by atoms with van der Waals surface area (Å²) in [4.78, 5) is 19.2. The van der Waals surface area contributed by atoms with Crippen LogP contribution < -0.4 is 5.14 Å². The number of carbonyl (C=O) groups excluding carboxylic acids is 1. The molecule has 1 aromatic carbocycles. The fraction of sp³-hybridized carbons (Fsp3) is 0.444. The third-order valence-corrected chi connectivity index (χ3v) is 6.14. The van der Waals surface area contributed by atoms with Gasteiger partial charge in [-0.1, -0.05) is 0 Å². The summed E-state index contributed by atoms with van der Waals surface area (Å²) >= 11 is 0. The van der Waals surface area contributed by atoms with Crippen molar-refractivity contribution in [3.05, 3.63) is 47.0 Å². The number of likely N-dealkylation sites (tertiary alicyclic amines) is 1. The molecule has 0 radical (unpaired) electrons. The average Bonchev–Trinajstić information content (AvgIpc) is 3.01. The lowest BCUT2D eigenvalue weighted by Crippen LogP contribution is -2.39. The zero-order valence-electron chi connectivity index (χ0n) is 15.3. The lowest BCUT2D eigenvalue weighted by atomic mass is 9.96. The highest BCUT2D eigenvalue weighted by molar-refractivity contribution is 7.89. The van der Waals surface area contributed by atoms with Crippen molar-refractivity contribution in [3.8, 4) is 0 Å². The van der Waals surface area contributed by atoms with Crippen LogP contribution in [0.25, 0.3) is 0 Å². The molecule has 1 amide bonds. The Morgan fingerprint density at radius 1 is 1.31 bits per heavy atom. The van der Waals surface area contributed by atoms with Crippen molar-refractivity contribution in [2.75, 3.05) is 13.1 Å². The largest absolute Gasteiger partial charge is 0.338 e. The normalized spacial score (nSPS) is 18.2. The van der Waals surface area contributed by atoms with Gasteiger partial charge in [0.1, 0.15) is 5.82 Å². The van der Waals surface area contributed by atoms with Crippen LogP contribution in [-0.4, -0.2) is 41.9 Å². The number of hydrogen-bond donors (Lipinski definition) is 1. The fourth-order valence-corrected chi connectivity index (χ4v) is 4.45. The molecule has 1 aliphatic heterocycles. The molecule has 8 heteroatoms. The molecule has 2 N–H and O–H groups in total. The molecule has 0 saturated carbocycles. The Morgan fingerprint density at radius 2 is 2.04 bits per heavy atom. The Hall–Kier alpha value is -2.19. The van der Waals surface area contributed by atoms with Crippen molar-refractivity contribution in [2.45, 2.75) is 37.5 Å². The monoisotopic (exact) mass is 376 g/mol. The highest BCUT2D eigenvalue weighted by Crippen LogP contribution is 2.27. The van der Waals surface area contributed by atoms with E-state index in [1.807, 2.05) is 17.8 Å². The number of hydrogen-bond acceptors (Lipinski definition) is 4. The van der Waals surface area contributed by atoms with Crippen LogP contribution in [0.15, 0.2) is 29.4 Å². The van der Waals surface area contributed by atoms with Crippen molar-refractivity contribution in [3.63, 3.8) is 0 Å². The molecule has 0 aliphatic carbocycles. The van der Waals surface area contributed by atoms with Gasteiger partial charge in [0.05, 0.1) is 4.90 Å². The minimum atomic E-state index is -3.88. The smallest absolute Gasteiger partial charge is 0.253 e. The number of imidazole rings is 1. The van der Waals surface area contributed by atoms with Crippen LogP contribution in [0.5, 0.6) is 0 Å². The number of rotatable bonds is 3. The van der Waals surface area contributed by atoms with Crippen molar-refractivity contribution in [1.82, 2.24) is 14.5 Å². The van der Waals surface area contributed by atoms with E-state index >= 15 is 0 Å². The molecule has 140 valence electrons. The van der Waals surface area contributed by atoms with Crippen LogP contribution in [0.3, 0.4) is 0 Å². The minimum Gasteiger partial charge on any atom is -0.338 e. The summed E-state index contributed by atoms with van der Waals surface area (Å²) in [6.45, 7) is 4.70. The van der Waals surface area contributed by atoms with E-state index in [9.17, 15) is 13.2 Å². The second-order valence-corrected chi connectivity index (χ2v) is 8.48. The molecule has 1 aromatic heterocycles. The number of piperidine rings is 1. The number of carbonyl (C=O) groups is 1. The number of primary sulfonamides is 1. The van der Waals surface area contributed by atoms with Crippen LogP contribution in [0.1, 0.15) is 46.1 Å². The molecule has 0 bridgehead atoms. The number of nitrogens with two attached hydrogens (primary N) is 1. The first kappa shape index (κ1) is 18.6. The van der Waals surface area contributed by atoms with Crippen LogP contribution >= 0.6 is 0 Å². The van der Waals surface area contributed by atoms with Crippen LogP contribution in [-0.2, 0) is 17.1 Å². The number of aromatic nitrogens is 2. The SMILES string of the molecule is Cc1cc(C(=O)N2CCC[C@H](c3nccn3C)C2)cc(S(N)(=O)=O)c1C. The molecule has 3 rings (SSSR count). The first-order chi connectivity index (χ1) is 12.2. The molecule has 7 nitrogen and oxygen atoms in total. The molecule has 2 heterocycles. The summed E-state index contributed by atoms with van der Waals surface area (Å²) in [6.07, 6.45) is 5.52. The average molecular weight is 376 g/mol. The predicted molar refractivity (Wildman–Crippen MR) is 98.4 cm³/mol. The standard InChI is InChI=1S/C18H24N4O3S/c1-12-9-15(10-16(13(12)2)26(19,24)25)18(23)22-7-4-5-14(11-22)17-20-6-8-21(17)3/h6,8-10,14H,4-5,7,11H2,1-3H3,(H2,19,24,25)/t14-/m0/s1. The molecule has 1 atom stereocenters. The maximum Gasteiger partial charge on any atom is 0.253 e. The van der Waals surface area contributed by atoms with Gasteiger partial charge in [-0.3, -0.25) is 4.79 Å². The van der Waals surface area contributed by atoms with Gasteiger partial charge in [0.15, 0.2) is 0 Å². The third kappa shape index (κ3) is 3.52. The van der Waals surface area contributed by atoms with Gasteiger partial charge < -0.3 is 9.47 Å². The summed E-state index contributed by atoms with van der Waals surface area (Å²) in [5.41, 5.74) is 1.67. The first-order valence-electron chi connectivity index (χ1n) is 8.59. The van der Waals surface area contributed by atoms with Crippen LogP contribution in [0.4, 0.5) is 0 Å². The quantitative estimate of drug-likeness (QED) is 0.881. The molecule has 1 aliphatic rings. The predicted octanol–water partition coefficient (Wildman–Crippen LogP) is 1.70. The van der Waals surface area contributed by atoms with Crippen molar-refractivity contribution in [2.24, 2.45) is 12.2 Å². The van der Waals surface area contributed by atoms with Gasteiger partial charge in [-0.05, 0) is 49.9 Å². The highest BCUT2D eigenvalue weighted by atomic mass is 32.2. The molecule has 1 saturated heterocycles. The van der Waals surface area contributed by atoms with E-state index in [-0.39, 0.29) is 16.7 Å². The van der Waals surface area contributed by atoms with Crippen LogP contribution in [0.2, 0.25) is 0 Å². The van der Waals surface area contributed by atoms with Gasteiger partial charge in [-0.25, -0.2) is 18.5 Å². The Bertz CT molecular complexity index is 949. The topological polar surface area (TPSA) is 98.3 Å². The molecule has 0 unspecified atom stereocenters. The Kier molecular flexibility index (Phi) is 4.90. The molecular formula is C18H24N4O3S. The summed E-state index contributed by atoms with van der Waals surface area (Å²) in [7, 11) is -1.93. The molecular weight excluding hydrogens is 352 g/mol. The molecule has 0 spiro atoms. The second-order valence-electron chi connectivity index (χ2n) is 6.95. The maximum atomic E-state index is 13.0. The van der Waals surface area contributed by atoms with E-state index in [2.05, 4.69) is 4.98 Å². The van der Waals surface area contributed by atoms with Crippen LogP contribution in [0, 0.1) is 13.8 Å².